The van der Waals surface area contributed by atoms with E-state index in [1.165, 1.54) is 37.3 Å². The van der Waals surface area contributed by atoms with Crippen molar-refractivity contribution in [2.24, 2.45) is 11.8 Å². The molecular formula is C27H27F2N5O3S. The summed E-state index contributed by atoms with van der Waals surface area (Å²) in [5, 5.41) is 2.75. The smallest absolute Gasteiger partial charge is 0.280 e. The number of carbonyl (C=O) groups excluding carboxylic acids is 1. The van der Waals surface area contributed by atoms with Gasteiger partial charge in [-0.2, -0.15) is 0 Å². The van der Waals surface area contributed by atoms with Gasteiger partial charge in [0.1, 0.15) is 28.0 Å². The van der Waals surface area contributed by atoms with Crippen LogP contribution in [0, 0.1) is 35.5 Å². The number of nitrogens with one attached hydrogen (secondary N) is 3. The Bertz CT molecular complexity index is 1310. The first-order valence-corrected chi connectivity index (χ1v) is 13.3. The predicted molar refractivity (Wildman–Crippen MR) is 139 cm³/mol. The van der Waals surface area contributed by atoms with Gasteiger partial charge in [0.25, 0.3) is 12.3 Å². The monoisotopic (exact) mass is 539 g/mol. The summed E-state index contributed by atoms with van der Waals surface area (Å²) < 4.78 is 37.9. The number of alkyl halides is 2. The molecule has 2 aliphatic heterocycles. The third-order valence-corrected chi connectivity index (χ3v) is 7.29. The highest BCUT2D eigenvalue weighted by Crippen LogP contribution is 2.35. The number of thioether (sulfide) groups is 1. The van der Waals surface area contributed by atoms with Gasteiger partial charge in [0.2, 0.25) is 0 Å². The van der Waals surface area contributed by atoms with E-state index >= 15 is 0 Å². The molecule has 4 heterocycles. The standard InChI is InChI=1S/C27H27F2N5O3S/c1-36-23-15-31-22(25(28)29)13-20(23)19-12-18(6-4-17-8-10-37-11-9-17)30-14-21(19)26(35)32-27-34-33-24(38-27)7-5-16-2-3-16/h12-17,24-25,27,33-34H,2-3,8-11H2,1H3,(H,32,35). The molecule has 198 valence electrons. The number of ether oxygens (including phenoxy) is 2. The van der Waals surface area contributed by atoms with Crippen LogP contribution in [-0.4, -0.2) is 47.1 Å². The third-order valence-electron chi connectivity index (χ3n) is 6.27. The number of halogens is 2. The van der Waals surface area contributed by atoms with Crippen molar-refractivity contribution in [1.29, 1.82) is 0 Å². The van der Waals surface area contributed by atoms with E-state index in [9.17, 15) is 13.6 Å². The molecule has 3 fully saturated rings. The summed E-state index contributed by atoms with van der Waals surface area (Å²) in [4.78, 5) is 21.6. The summed E-state index contributed by atoms with van der Waals surface area (Å²) in [5.74, 6) is 13.1. The lowest BCUT2D eigenvalue weighted by Gasteiger charge is -2.17. The van der Waals surface area contributed by atoms with E-state index in [2.05, 4.69) is 49.8 Å². The van der Waals surface area contributed by atoms with E-state index in [0.29, 0.717) is 36.0 Å². The Labute approximate surface area is 224 Å². The highest BCUT2D eigenvalue weighted by atomic mass is 32.2. The van der Waals surface area contributed by atoms with Crippen molar-refractivity contribution >= 4 is 17.7 Å². The molecule has 2 atom stereocenters. The fourth-order valence-electron chi connectivity index (χ4n) is 4.01. The third kappa shape index (κ3) is 6.61. The van der Waals surface area contributed by atoms with Crippen LogP contribution in [0.25, 0.3) is 11.1 Å². The van der Waals surface area contributed by atoms with Crippen LogP contribution in [0.5, 0.6) is 5.75 Å². The van der Waals surface area contributed by atoms with Gasteiger partial charge < -0.3 is 14.8 Å². The van der Waals surface area contributed by atoms with E-state index in [4.69, 9.17) is 9.47 Å². The van der Waals surface area contributed by atoms with Gasteiger partial charge >= 0.3 is 0 Å². The number of hydrogen-bond donors (Lipinski definition) is 3. The molecule has 38 heavy (non-hydrogen) atoms. The molecule has 8 nitrogen and oxygen atoms in total. The molecule has 0 spiro atoms. The predicted octanol–water partition coefficient (Wildman–Crippen LogP) is 3.46. The molecule has 2 unspecified atom stereocenters. The van der Waals surface area contributed by atoms with Crippen molar-refractivity contribution in [1.82, 2.24) is 26.1 Å². The molecule has 0 radical (unpaired) electrons. The maximum absolute atomic E-state index is 13.5. The van der Waals surface area contributed by atoms with Crippen molar-refractivity contribution in [3.63, 3.8) is 0 Å². The Kier molecular flexibility index (Phi) is 8.40. The largest absolute Gasteiger partial charge is 0.494 e. The lowest BCUT2D eigenvalue weighted by atomic mass is 9.98. The Morgan fingerprint density at radius 3 is 2.61 bits per heavy atom. The number of aromatic nitrogens is 2. The molecule has 11 heteroatoms. The Morgan fingerprint density at radius 2 is 1.87 bits per heavy atom. The highest BCUT2D eigenvalue weighted by molar-refractivity contribution is 8.00. The number of nitrogens with zero attached hydrogens (tertiary/aromatic N) is 2. The minimum absolute atomic E-state index is 0.157. The van der Waals surface area contributed by atoms with Crippen LogP contribution in [0.4, 0.5) is 8.78 Å². The van der Waals surface area contributed by atoms with Crippen LogP contribution in [0.2, 0.25) is 0 Å². The van der Waals surface area contributed by atoms with Crippen molar-refractivity contribution < 1.29 is 23.0 Å². The van der Waals surface area contributed by atoms with E-state index < -0.39 is 23.5 Å². The summed E-state index contributed by atoms with van der Waals surface area (Å²) in [5.41, 5.74) is 6.50. The van der Waals surface area contributed by atoms with Crippen LogP contribution in [0.15, 0.2) is 24.5 Å². The lowest BCUT2D eigenvalue weighted by molar-refractivity contribution is 0.0807. The maximum Gasteiger partial charge on any atom is 0.280 e. The average molecular weight is 540 g/mol. The zero-order valence-corrected chi connectivity index (χ0v) is 21.5. The van der Waals surface area contributed by atoms with Gasteiger partial charge in [-0.3, -0.25) is 9.78 Å². The van der Waals surface area contributed by atoms with Crippen LogP contribution < -0.4 is 20.9 Å². The number of pyridine rings is 2. The number of carbonyl (C=O) groups is 1. The Balaban J connectivity index is 1.44. The second-order valence-electron chi connectivity index (χ2n) is 9.10. The molecule has 1 saturated carbocycles. The molecule has 2 saturated heterocycles. The van der Waals surface area contributed by atoms with Crippen molar-refractivity contribution in [2.75, 3.05) is 20.3 Å². The van der Waals surface area contributed by atoms with Crippen molar-refractivity contribution in [3.05, 3.63) is 41.5 Å². The first kappa shape index (κ1) is 26.4. The average Bonchev–Trinajstić information content (AvgIpc) is 3.67. The van der Waals surface area contributed by atoms with Crippen molar-refractivity contribution in [3.8, 4) is 40.6 Å². The summed E-state index contributed by atoms with van der Waals surface area (Å²) in [6, 6.07) is 2.87. The first-order chi connectivity index (χ1) is 18.5. The summed E-state index contributed by atoms with van der Waals surface area (Å²) in [6.45, 7) is 1.33. The van der Waals surface area contributed by atoms with E-state index in [0.717, 1.165) is 25.7 Å². The molecular weight excluding hydrogens is 512 g/mol. The maximum atomic E-state index is 13.5. The minimum atomic E-state index is -2.79. The number of rotatable bonds is 5. The molecule has 3 aliphatic rings. The molecule has 2 aromatic heterocycles. The number of methoxy groups -OCH3 is 1. The minimum Gasteiger partial charge on any atom is -0.494 e. The molecule has 2 aromatic rings. The molecule has 0 aromatic carbocycles. The summed E-state index contributed by atoms with van der Waals surface area (Å²) in [7, 11) is 1.42. The van der Waals surface area contributed by atoms with E-state index in [-0.39, 0.29) is 22.6 Å². The normalized spacial score (nSPS) is 21.3. The van der Waals surface area contributed by atoms with Gasteiger partial charge in [-0.05, 0) is 43.7 Å². The van der Waals surface area contributed by atoms with Gasteiger partial charge in [0, 0.05) is 42.4 Å². The van der Waals surface area contributed by atoms with Gasteiger partial charge in [-0.1, -0.05) is 29.5 Å². The number of hydrazine groups is 1. The Hall–Kier alpha value is -3.22. The second-order valence-corrected chi connectivity index (χ2v) is 10.3. The van der Waals surface area contributed by atoms with Gasteiger partial charge in [-0.25, -0.2) is 24.6 Å². The number of hydrogen-bond acceptors (Lipinski definition) is 8. The SMILES string of the molecule is COc1cnc(C(F)F)cc1-c1cc(C#CC2CCOCC2)ncc1C(=O)NC1NNC(C#CC2CC2)S1. The highest BCUT2D eigenvalue weighted by Gasteiger charge is 2.27. The quantitative estimate of drug-likeness (QED) is 0.498. The zero-order valence-electron chi connectivity index (χ0n) is 20.7. The van der Waals surface area contributed by atoms with Gasteiger partial charge in [0.15, 0.2) is 0 Å². The molecule has 3 N–H and O–H groups in total. The van der Waals surface area contributed by atoms with Gasteiger partial charge in [0.05, 0.1) is 18.9 Å². The van der Waals surface area contributed by atoms with Crippen molar-refractivity contribution in [2.45, 2.75) is 43.0 Å². The van der Waals surface area contributed by atoms with E-state index in [1.807, 2.05) is 0 Å². The fourth-order valence-corrected chi connectivity index (χ4v) is 4.87. The first-order valence-electron chi connectivity index (χ1n) is 12.4. The molecule has 0 bridgehead atoms. The summed E-state index contributed by atoms with van der Waals surface area (Å²) >= 11 is 1.43. The van der Waals surface area contributed by atoms with Crippen LogP contribution in [0.1, 0.15) is 53.9 Å². The van der Waals surface area contributed by atoms with Gasteiger partial charge in [-0.15, -0.1) is 0 Å². The topological polar surface area (TPSA) is 97.4 Å². The number of amides is 1. The fraction of sp³-hybridized carbons (Fsp3) is 0.444. The lowest BCUT2D eigenvalue weighted by Crippen LogP contribution is -2.43. The second kappa shape index (κ2) is 12.1. The van der Waals surface area contributed by atoms with E-state index in [1.54, 1.807) is 6.07 Å². The molecule has 1 amide bonds. The molecule has 1 aliphatic carbocycles. The van der Waals surface area contributed by atoms with Crippen LogP contribution in [0.3, 0.4) is 0 Å². The Morgan fingerprint density at radius 1 is 1.08 bits per heavy atom. The summed E-state index contributed by atoms with van der Waals surface area (Å²) in [6.07, 6.45) is 3.80. The van der Waals surface area contributed by atoms with Crippen LogP contribution in [-0.2, 0) is 4.74 Å². The zero-order chi connectivity index (χ0) is 26.5. The van der Waals surface area contributed by atoms with Crippen LogP contribution >= 0.6 is 11.8 Å². The molecule has 5 rings (SSSR count).